The van der Waals surface area contributed by atoms with Gasteiger partial charge in [-0.05, 0) is 0 Å². The molecule has 0 aliphatic heterocycles. The normalized spacial score (nSPS) is 11.4. The van der Waals surface area contributed by atoms with Crippen molar-refractivity contribution in [3.63, 3.8) is 0 Å². The molecule has 0 atom stereocenters. The third-order valence-electron chi connectivity index (χ3n) is 1.75. The third kappa shape index (κ3) is 2.92. The number of H-pyrrole nitrogens is 1. The lowest BCUT2D eigenvalue weighted by atomic mass is 10.2. The highest BCUT2D eigenvalue weighted by atomic mass is 16.4. The summed E-state index contributed by atoms with van der Waals surface area (Å²) >= 11 is 0. The maximum Gasteiger partial charge on any atom is 0.339 e. The summed E-state index contributed by atoms with van der Waals surface area (Å²) in [7, 11) is 0. The van der Waals surface area contributed by atoms with Gasteiger partial charge in [0.15, 0.2) is 0 Å². The summed E-state index contributed by atoms with van der Waals surface area (Å²) in [4.78, 5) is 27.5. The Balaban J connectivity index is 3.02. The van der Waals surface area contributed by atoms with E-state index in [0.717, 1.165) is 0 Å². The Labute approximate surface area is 90.1 Å². The maximum atomic E-state index is 10.8. The van der Waals surface area contributed by atoms with Crippen molar-refractivity contribution >= 4 is 17.5 Å². The molecule has 0 amide bonds. The number of carboxylic acids is 2. The number of aliphatic hydroxyl groups is 1. The van der Waals surface area contributed by atoms with E-state index in [4.69, 9.17) is 15.3 Å². The van der Waals surface area contributed by atoms with Crippen molar-refractivity contribution in [3.8, 4) is 0 Å². The number of aliphatic carboxylic acids is 2. The van der Waals surface area contributed by atoms with Gasteiger partial charge in [0.25, 0.3) is 0 Å². The molecule has 0 bridgehead atoms. The molecule has 0 radical (unpaired) electrons. The fraction of sp³-hybridized carbons (Fsp3) is 0.222. The SMILES string of the molecule is O=C(O)/C=C(\C(=O)O)c1nc(CCO)c[nH]1. The molecule has 0 spiro atoms. The van der Waals surface area contributed by atoms with Gasteiger partial charge in [0.05, 0.1) is 5.69 Å². The predicted octanol–water partition coefficient (Wildman–Crippen LogP) is -0.503. The van der Waals surface area contributed by atoms with Crippen molar-refractivity contribution in [1.82, 2.24) is 9.97 Å². The van der Waals surface area contributed by atoms with Gasteiger partial charge in [-0.25, -0.2) is 14.6 Å². The lowest BCUT2D eigenvalue weighted by Crippen LogP contribution is -2.05. The molecule has 16 heavy (non-hydrogen) atoms. The highest BCUT2D eigenvalue weighted by Gasteiger charge is 2.15. The van der Waals surface area contributed by atoms with Crippen molar-refractivity contribution < 1.29 is 24.9 Å². The van der Waals surface area contributed by atoms with Crippen LogP contribution in [0, 0.1) is 0 Å². The summed E-state index contributed by atoms with van der Waals surface area (Å²) in [6.07, 6.45) is 2.25. The number of nitrogens with one attached hydrogen (secondary N) is 1. The van der Waals surface area contributed by atoms with Crippen LogP contribution in [0.1, 0.15) is 11.5 Å². The molecule has 86 valence electrons. The van der Waals surface area contributed by atoms with Crippen LogP contribution in [-0.2, 0) is 16.0 Å². The predicted molar refractivity (Wildman–Crippen MR) is 52.6 cm³/mol. The number of imidazole rings is 1. The number of aromatic amines is 1. The first-order valence-corrected chi connectivity index (χ1v) is 4.38. The van der Waals surface area contributed by atoms with Crippen molar-refractivity contribution in [2.45, 2.75) is 6.42 Å². The number of carboxylic acid groups (broad SMARTS) is 2. The molecular formula is C9H10N2O5. The number of aliphatic hydroxyl groups excluding tert-OH is 1. The number of rotatable bonds is 5. The van der Waals surface area contributed by atoms with E-state index in [1.807, 2.05) is 0 Å². The molecule has 1 aromatic rings. The maximum absolute atomic E-state index is 10.8. The van der Waals surface area contributed by atoms with Gasteiger partial charge < -0.3 is 20.3 Å². The Kier molecular flexibility index (Phi) is 3.78. The summed E-state index contributed by atoms with van der Waals surface area (Å²) < 4.78 is 0. The van der Waals surface area contributed by atoms with Crippen LogP contribution >= 0.6 is 0 Å². The Morgan fingerprint density at radius 3 is 2.62 bits per heavy atom. The molecule has 0 saturated carbocycles. The number of hydrogen-bond donors (Lipinski definition) is 4. The van der Waals surface area contributed by atoms with Gasteiger partial charge in [-0.1, -0.05) is 0 Å². The Morgan fingerprint density at radius 1 is 1.44 bits per heavy atom. The molecular weight excluding hydrogens is 216 g/mol. The van der Waals surface area contributed by atoms with Crippen molar-refractivity contribution in [1.29, 1.82) is 0 Å². The van der Waals surface area contributed by atoms with Crippen LogP contribution in [0.2, 0.25) is 0 Å². The van der Waals surface area contributed by atoms with Crippen LogP contribution in [0.4, 0.5) is 0 Å². The van der Waals surface area contributed by atoms with E-state index in [-0.39, 0.29) is 18.9 Å². The van der Waals surface area contributed by atoms with Crippen LogP contribution < -0.4 is 0 Å². The first-order chi connectivity index (χ1) is 7.54. The molecule has 1 rings (SSSR count). The number of hydrogen-bond acceptors (Lipinski definition) is 4. The summed E-state index contributed by atoms with van der Waals surface area (Å²) in [5.41, 5.74) is 0.0340. The van der Waals surface area contributed by atoms with Crippen molar-refractivity contribution in [3.05, 3.63) is 23.8 Å². The molecule has 7 heteroatoms. The highest BCUT2D eigenvalue weighted by Crippen LogP contribution is 2.11. The third-order valence-corrected chi connectivity index (χ3v) is 1.75. The van der Waals surface area contributed by atoms with Crippen molar-refractivity contribution in [2.75, 3.05) is 6.61 Å². The summed E-state index contributed by atoms with van der Waals surface area (Å²) in [6, 6.07) is 0. The van der Waals surface area contributed by atoms with E-state index >= 15 is 0 Å². The second kappa shape index (κ2) is 5.08. The minimum absolute atomic E-state index is 0.0432. The van der Waals surface area contributed by atoms with Crippen LogP contribution in [0.5, 0.6) is 0 Å². The molecule has 0 aromatic carbocycles. The fourth-order valence-electron chi connectivity index (χ4n) is 1.10. The van der Waals surface area contributed by atoms with Gasteiger partial charge in [0.1, 0.15) is 11.4 Å². The van der Waals surface area contributed by atoms with Crippen LogP contribution in [0.25, 0.3) is 5.57 Å². The lowest BCUT2D eigenvalue weighted by molar-refractivity contribution is -0.133. The molecule has 0 aliphatic carbocycles. The zero-order chi connectivity index (χ0) is 12.1. The van der Waals surface area contributed by atoms with Gasteiger partial charge in [-0.15, -0.1) is 0 Å². The van der Waals surface area contributed by atoms with Gasteiger partial charge in [0, 0.05) is 25.3 Å². The van der Waals surface area contributed by atoms with E-state index in [9.17, 15) is 9.59 Å². The van der Waals surface area contributed by atoms with Gasteiger partial charge in [-0.2, -0.15) is 0 Å². The van der Waals surface area contributed by atoms with Crippen LogP contribution in [-0.4, -0.2) is 43.8 Å². The monoisotopic (exact) mass is 226 g/mol. The van der Waals surface area contributed by atoms with Crippen molar-refractivity contribution in [2.24, 2.45) is 0 Å². The second-order valence-corrected chi connectivity index (χ2v) is 2.92. The van der Waals surface area contributed by atoms with E-state index in [2.05, 4.69) is 9.97 Å². The average Bonchev–Trinajstić information content (AvgIpc) is 2.62. The number of carbonyl (C=O) groups is 2. The van der Waals surface area contributed by atoms with Crippen LogP contribution in [0.15, 0.2) is 12.3 Å². The van der Waals surface area contributed by atoms with Crippen LogP contribution in [0.3, 0.4) is 0 Å². The Morgan fingerprint density at radius 2 is 2.12 bits per heavy atom. The topological polar surface area (TPSA) is 124 Å². The quantitative estimate of drug-likeness (QED) is 0.501. The molecule has 0 unspecified atom stereocenters. The van der Waals surface area contributed by atoms with E-state index < -0.39 is 17.5 Å². The first-order valence-electron chi connectivity index (χ1n) is 4.38. The summed E-state index contributed by atoms with van der Waals surface area (Å²) in [5, 5.41) is 25.9. The molecule has 4 N–H and O–H groups in total. The first kappa shape index (κ1) is 11.9. The van der Waals surface area contributed by atoms with Gasteiger partial charge in [0.2, 0.25) is 0 Å². The van der Waals surface area contributed by atoms with E-state index in [1.165, 1.54) is 6.20 Å². The minimum Gasteiger partial charge on any atom is -0.478 e. The molecule has 1 aromatic heterocycles. The number of nitrogens with zero attached hydrogens (tertiary/aromatic N) is 1. The Hall–Kier alpha value is -2.15. The summed E-state index contributed by atoms with van der Waals surface area (Å²) in [5.74, 6) is -2.79. The molecule has 0 aliphatic rings. The van der Waals surface area contributed by atoms with E-state index in [0.29, 0.717) is 11.8 Å². The van der Waals surface area contributed by atoms with Gasteiger partial charge in [-0.3, -0.25) is 0 Å². The van der Waals surface area contributed by atoms with E-state index in [1.54, 1.807) is 0 Å². The average molecular weight is 226 g/mol. The van der Waals surface area contributed by atoms with Gasteiger partial charge >= 0.3 is 11.9 Å². The zero-order valence-corrected chi connectivity index (χ0v) is 8.17. The smallest absolute Gasteiger partial charge is 0.339 e. The molecule has 7 nitrogen and oxygen atoms in total. The number of aromatic nitrogens is 2. The Bertz CT molecular complexity index is 435. The highest BCUT2D eigenvalue weighted by molar-refractivity contribution is 6.18. The molecule has 1 heterocycles. The second-order valence-electron chi connectivity index (χ2n) is 2.92. The fourth-order valence-corrected chi connectivity index (χ4v) is 1.10. The summed E-state index contributed by atoms with van der Waals surface area (Å²) in [6.45, 7) is -0.116. The minimum atomic E-state index is -1.38. The largest absolute Gasteiger partial charge is 0.478 e. The molecule has 0 fully saturated rings. The lowest BCUT2D eigenvalue weighted by Gasteiger charge is -1.95. The molecule has 0 saturated heterocycles. The zero-order valence-electron chi connectivity index (χ0n) is 8.17. The standard InChI is InChI=1S/C9H10N2O5/c12-2-1-5-4-10-8(11-5)6(9(15)16)3-7(13)14/h3-4,12H,1-2H2,(H,10,11)(H,13,14)(H,15,16)/b6-3-.